The van der Waals surface area contributed by atoms with Crippen LogP contribution >= 0.6 is 0 Å². The molecule has 1 N–H and O–H groups in total. The highest BCUT2D eigenvalue weighted by Crippen LogP contribution is 2.17. The molecule has 0 aromatic heterocycles. The summed E-state index contributed by atoms with van der Waals surface area (Å²) in [6.07, 6.45) is 2.02. The Morgan fingerprint density at radius 2 is 1.94 bits per heavy atom. The Morgan fingerprint density at radius 1 is 1.38 bits per heavy atom. The third-order valence-corrected chi connectivity index (χ3v) is 3.21. The average molecular weight is 225 g/mol. The molecule has 0 saturated carbocycles. The van der Waals surface area contributed by atoms with Gasteiger partial charge in [0.25, 0.3) is 0 Å². The molecule has 0 aromatic rings. The van der Waals surface area contributed by atoms with Gasteiger partial charge in [0.1, 0.15) is 5.54 Å². The van der Waals surface area contributed by atoms with E-state index in [1.807, 2.05) is 14.0 Å². The van der Waals surface area contributed by atoms with E-state index in [1.54, 1.807) is 0 Å². The van der Waals surface area contributed by atoms with Crippen LogP contribution in [0.25, 0.3) is 0 Å². The zero-order valence-corrected chi connectivity index (χ0v) is 11.7. The standard InChI is InChI=1S/C13H27N3/c1-7-8-16(11(2)3)12(4)9-13(5,10-14)15-6/h11-12,15H,7-9H2,1-6H3. The second-order valence-electron chi connectivity index (χ2n) is 5.08. The molecular formula is C13H27N3. The summed E-state index contributed by atoms with van der Waals surface area (Å²) in [4.78, 5) is 2.47. The van der Waals surface area contributed by atoms with Gasteiger partial charge < -0.3 is 5.32 Å². The first-order valence-corrected chi connectivity index (χ1v) is 6.26. The van der Waals surface area contributed by atoms with Crippen LogP contribution in [-0.2, 0) is 0 Å². The number of hydrogen-bond acceptors (Lipinski definition) is 3. The minimum Gasteiger partial charge on any atom is -0.303 e. The van der Waals surface area contributed by atoms with Crippen LogP contribution in [-0.4, -0.2) is 36.1 Å². The van der Waals surface area contributed by atoms with Crippen molar-refractivity contribution in [3.05, 3.63) is 0 Å². The highest BCUT2D eigenvalue weighted by molar-refractivity contribution is 5.04. The molecule has 0 amide bonds. The van der Waals surface area contributed by atoms with Crippen molar-refractivity contribution in [1.29, 1.82) is 5.26 Å². The van der Waals surface area contributed by atoms with E-state index in [0.29, 0.717) is 12.1 Å². The summed E-state index contributed by atoms with van der Waals surface area (Å²) < 4.78 is 0. The summed E-state index contributed by atoms with van der Waals surface area (Å²) >= 11 is 0. The van der Waals surface area contributed by atoms with Crippen LogP contribution in [0.1, 0.15) is 47.5 Å². The lowest BCUT2D eigenvalue weighted by atomic mass is 9.94. The van der Waals surface area contributed by atoms with Gasteiger partial charge in [-0.05, 0) is 54.1 Å². The first-order chi connectivity index (χ1) is 7.40. The molecule has 0 aliphatic rings. The van der Waals surface area contributed by atoms with E-state index in [4.69, 9.17) is 5.26 Å². The van der Waals surface area contributed by atoms with Crippen molar-refractivity contribution in [2.75, 3.05) is 13.6 Å². The molecule has 0 fully saturated rings. The maximum absolute atomic E-state index is 9.15. The molecule has 2 atom stereocenters. The summed E-state index contributed by atoms with van der Waals surface area (Å²) in [6, 6.07) is 3.32. The third-order valence-electron chi connectivity index (χ3n) is 3.21. The molecule has 0 aromatic carbocycles. The quantitative estimate of drug-likeness (QED) is 0.723. The molecule has 0 rings (SSSR count). The number of nitriles is 1. The SMILES string of the molecule is CCCN(C(C)C)C(C)CC(C)(C#N)NC. The molecule has 0 aliphatic heterocycles. The highest BCUT2D eigenvalue weighted by atomic mass is 15.2. The van der Waals surface area contributed by atoms with E-state index >= 15 is 0 Å². The van der Waals surface area contributed by atoms with E-state index < -0.39 is 5.54 Å². The molecule has 2 unspecified atom stereocenters. The van der Waals surface area contributed by atoms with E-state index in [1.165, 1.54) is 0 Å². The Morgan fingerprint density at radius 3 is 2.25 bits per heavy atom. The predicted octanol–water partition coefficient (Wildman–Crippen LogP) is 2.39. The van der Waals surface area contributed by atoms with Crippen LogP contribution < -0.4 is 5.32 Å². The molecule has 0 saturated heterocycles. The van der Waals surface area contributed by atoms with Crippen LogP contribution in [0.15, 0.2) is 0 Å². The summed E-state index contributed by atoms with van der Waals surface area (Å²) in [5, 5.41) is 12.3. The number of nitrogens with one attached hydrogen (secondary N) is 1. The fraction of sp³-hybridized carbons (Fsp3) is 0.923. The van der Waals surface area contributed by atoms with Crippen molar-refractivity contribution in [2.45, 2.75) is 65.1 Å². The predicted molar refractivity (Wildman–Crippen MR) is 69.3 cm³/mol. The minimum absolute atomic E-state index is 0.416. The van der Waals surface area contributed by atoms with Crippen molar-refractivity contribution in [3.63, 3.8) is 0 Å². The summed E-state index contributed by atoms with van der Waals surface area (Å²) in [5.74, 6) is 0. The van der Waals surface area contributed by atoms with Gasteiger partial charge in [-0.2, -0.15) is 5.26 Å². The van der Waals surface area contributed by atoms with Gasteiger partial charge in [-0.15, -0.1) is 0 Å². The molecule has 94 valence electrons. The van der Waals surface area contributed by atoms with Crippen molar-refractivity contribution in [1.82, 2.24) is 10.2 Å². The lowest BCUT2D eigenvalue weighted by Crippen LogP contribution is -2.47. The second kappa shape index (κ2) is 6.88. The molecule has 0 bridgehead atoms. The van der Waals surface area contributed by atoms with Gasteiger partial charge in [-0.3, -0.25) is 4.90 Å². The van der Waals surface area contributed by atoms with Crippen molar-refractivity contribution in [2.24, 2.45) is 0 Å². The number of nitrogens with zero attached hydrogens (tertiary/aromatic N) is 2. The van der Waals surface area contributed by atoms with Crippen LogP contribution in [0, 0.1) is 11.3 Å². The Bertz CT molecular complexity index is 232. The molecule has 16 heavy (non-hydrogen) atoms. The highest BCUT2D eigenvalue weighted by Gasteiger charge is 2.27. The fourth-order valence-electron chi connectivity index (χ4n) is 2.16. The van der Waals surface area contributed by atoms with Gasteiger partial charge in [0.05, 0.1) is 6.07 Å². The summed E-state index contributed by atoms with van der Waals surface area (Å²) in [5.41, 5.74) is -0.416. The molecule has 0 spiro atoms. The average Bonchev–Trinajstić information content (AvgIpc) is 2.24. The maximum Gasteiger partial charge on any atom is 0.105 e. The van der Waals surface area contributed by atoms with Gasteiger partial charge in [-0.1, -0.05) is 6.92 Å². The monoisotopic (exact) mass is 225 g/mol. The van der Waals surface area contributed by atoms with E-state index in [2.05, 4.69) is 44.0 Å². The molecule has 0 radical (unpaired) electrons. The summed E-state index contributed by atoms with van der Waals surface area (Å²) in [7, 11) is 1.86. The lowest BCUT2D eigenvalue weighted by Gasteiger charge is -2.36. The minimum atomic E-state index is -0.416. The van der Waals surface area contributed by atoms with Gasteiger partial charge in [0.15, 0.2) is 0 Å². The Kier molecular flexibility index (Phi) is 6.62. The molecule has 3 nitrogen and oxygen atoms in total. The van der Waals surface area contributed by atoms with E-state index in [-0.39, 0.29) is 0 Å². The van der Waals surface area contributed by atoms with Gasteiger partial charge >= 0.3 is 0 Å². The topological polar surface area (TPSA) is 39.1 Å². The lowest BCUT2D eigenvalue weighted by molar-refractivity contribution is 0.140. The normalized spacial score (nSPS) is 17.2. The first kappa shape index (κ1) is 15.4. The first-order valence-electron chi connectivity index (χ1n) is 6.26. The zero-order valence-electron chi connectivity index (χ0n) is 11.7. The van der Waals surface area contributed by atoms with Crippen LogP contribution in [0.3, 0.4) is 0 Å². The molecule has 0 heterocycles. The Hall–Kier alpha value is -0.590. The van der Waals surface area contributed by atoms with Gasteiger partial charge in [0.2, 0.25) is 0 Å². The van der Waals surface area contributed by atoms with E-state index in [0.717, 1.165) is 19.4 Å². The zero-order chi connectivity index (χ0) is 12.8. The second-order valence-corrected chi connectivity index (χ2v) is 5.08. The summed E-state index contributed by atoms with van der Waals surface area (Å²) in [6.45, 7) is 11.9. The molecular weight excluding hydrogens is 198 g/mol. The number of hydrogen-bond donors (Lipinski definition) is 1. The molecule has 0 aliphatic carbocycles. The van der Waals surface area contributed by atoms with Gasteiger partial charge in [-0.25, -0.2) is 0 Å². The Balaban J connectivity index is 4.52. The largest absolute Gasteiger partial charge is 0.303 e. The smallest absolute Gasteiger partial charge is 0.105 e. The van der Waals surface area contributed by atoms with Crippen LogP contribution in [0.4, 0.5) is 0 Å². The Labute approximate surface area is 101 Å². The number of rotatable bonds is 7. The van der Waals surface area contributed by atoms with Crippen LogP contribution in [0.2, 0.25) is 0 Å². The van der Waals surface area contributed by atoms with Crippen molar-refractivity contribution >= 4 is 0 Å². The fourth-order valence-corrected chi connectivity index (χ4v) is 2.16. The van der Waals surface area contributed by atoms with Crippen molar-refractivity contribution < 1.29 is 0 Å². The van der Waals surface area contributed by atoms with Crippen molar-refractivity contribution in [3.8, 4) is 6.07 Å². The third kappa shape index (κ3) is 4.51. The van der Waals surface area contributed by atoms with Gasteiger partial charge in [0, 0.05) is 12.1 Å². The molecule has 3 heteroatoms. The van der Waals surface area contributed by atoms with Crippen LogP contribution in [0.5, 0.6) is 0 Å². The maximum atomic E-state index is 9.15. The van der Waals surface area contributed by atoms with E-state index in [9.17, 15) is 0 Å².